The van der Waals surface area contributed by atoms with Crippen LogP contribution in [0.4, 0.5) is 5.69 Å². The molecule has 0 spiro atoms. The highest BCUT2D eigenvalue weighted by molar-refractivity contribution is 7.99. The summed E-state index contributed by atoms with van der Waals surface area (Å²) in [6.45, 7) is 4.64. The number of thioether (sulfide) groups is 1. The lowest BCUT2D eigenvalue weighted by molar-refractivity contribution is 0.102. The molecule has 7 heteroatoms. The van der Waals surface area contributed by atoms with Crippen molar-refractivity contribution in [2.24, 2.45) is 5.92 Å². The Labute approximate surface area is 191 Å². The summed E-state index contributed by atoms with van der Waals surface area (Å²) < 4.78 is 1.36. The van der Waals surface area contributed by atoms with E-state index in [0.717, 1.165) is 39.7 Å². The Morgan fingerprint density at radius 2 is 1.97 bits per heavy atom. The van der Waals surface area contributed by atoms with Gasteiger partial charge in [-0.05, 0) is 56.2 Å². The van der Waals surface area contributed by atoms with E-state index < -0.39 is 4.33 Å². The number of nitrogens with one attached hydrogen (secondary N) is 1. The Bertz CT molecular complexity index is 1080. The number of aromatic nitrogens is 2. The second kappa shape index (κ2) is 8.66. The molecule has 3 aromatic rings. The molecule has 1 aromatic heterocycles. The Morgan fingerprint density at radius 1 is 1.20 bits per heavy atom. The van der Waals surface area contributed by atoms with Crippen molar-refractivity contribution in [3.8, 4) is 0 Å². The fourth-order valence-electron chi connectivity index (χ4n) is 3.35. The summed E-state index contributed by atoms with van der Waals surface area (Å²) in [5.41, 5.74) is 4.54. The first-order valence-corrected chi connectivity index (χ1v) is 11.6. The SMILES string of the molecule is Cc1cc(C)n(Cc2cccc(C(=O)Nc3ccccc3SC[C@@H]3CC3(Cl)Cl)c2)n1. The first kappa shape index (κ1) is 21.3. The fourth-order valence-corrected chi connectivity index (χ4v) is 5.29. The minimum absolute atomic E-state index is 0.131. The maximum Gasteiger partial charge on any atom is 0.255 e. The molecule has 2 aromatic carbocycles. The lowest BCUT2D eigenvalue weighted by atomic mass is 10.1. The maximum atomic E-state index is 12.9. The average Bonchev–Trinajstić information content (AvgIpc) is 3.20. The molecule has 1 atom stereocenters. The lowest BCUT2D eigenvalue weighted by Gasteiger charge is -2.12. The Morgan fingerprint density at radius 3 is 2.67 bits per heavy atom. The third kappa shape index (κ3) is 5.02. The Kier molecular flexibility index (Phi) is 6.14. The molecule has 0 radical (unpaired) electrons. The second-order valence-electron chi connectivity index (χ2n) is 7.71. The van der Waals surface area contributed by atoms with Gasteiger partial charge in [-0.3, -0.25) is 9.48 Å². The van der Waals surface area contributed by atoms with Crippen molar-refractivity contribution < 1.29 is 4.79 Å². The third-order valence-electron chi connectivity index (χ3n) is 5.16. The minimum atomic E-state index is -0.586. The van der Waals surface area contributed by atoms with Crippen molar-refractivity contribution in [3.05, 3.63) is 77.1 Å². The predicted molar refractivity (Wildman–Crippen MR) is 125 cm³/mol. The summed E-state index contributed by atoms with van der Waals surface area (Å²) in [5.74, 6) is 0.993. The summed E-state index contributed by atoms with van der Waals surface area (Å²) >= 11 is 13.9. The zero-order valence-corrected chi connectivity index (χ0v) is 19.2. The van der Waals surface area contributed by atoms with Gasteiger partial charge in [-0.15, -0.1) is 35.0 Å². The number of aryl methyl sites for hydroxylation is 2. The monoisotopic (exact) mass is 459 g/mol. The normalized spacial score (nSPS) is 17.0. The van der Waals surface area contributed by atoms with Crippen LogP contribution in [0.25, 0.3) is 0 Å². The van der Waals surface area contributed by atoms with E-state index in [2.05, 4.69) is 10.4 Å². The van der Waals surface area contributed by atoms with Crippen LogP contribution in [-0.4, -0.2) is 25.8 Å². The van der Waals surface area contributed by atoms with Crippen LogP contribution in [0.2, 0.25) is 0 Å². The molecule has 1 saturated carbocycles. The molecule has 4 nitrogen and oxygen atoms in total. The predicted octanol–water partition coefficient (Wildman–Crippen LogP) is 6.09. The van der Waals surface area contributed by atoms with Crippen molar-refractivity contribution in [3.63, 3.8) is 0 Å². The molecule has 1 aliphatic rings. The molecule has 156 valence electrons. The van der Waals surface area contributed by atoms with Crippen LogP contribution in [0.15, 0.2) is 59.5 Å². The van der Waals surface area contributed by atoms with Gasteiger partial charge in [0.15, 0.2) is 0 Å². The molecule has 1 fully saturated rings. The molecular formula is C23H23Cl2N3OS. The number of nitrogens with zero attached hydrogens (tertiary/aromatic N) is 2. The standard InChI is InChI=1S/C23H23Cl2N3OS/c1-15-10-16(2)28(27-15)13-17-6-5-7-18(11-17)22(29)26-20-8-3-4-9-21(20)30-14-19-12-23(19,24)25/h3-11,19H,12-14H2,1-2H3,(H,26,29)/t19-/m0/s1. The van der Waals surface area contributed by atoms with E-state index >= 15 is 0 Å². The highest BCUT2D eigenvalue weighted by atomic mass is 35.5. The van der Waals surface area contributed by atoms with Crippen molar-refractivity contribution in [2.45, 2.75) is 36.0 Å². The van der Waals surface area contributed by atoms with Gasteiger partial charge in [0.2, 0.25) is 0 Å². The number of rotatable bonds is 7. The van der Waals surface area contributed by atoms with Gasteiger partial charge in [0.1, 0.15) is 4.33 Å². The molecular weight excluding hydrogens is 437 g/mol. The molecule has 30 heavy (non-hydrogen) atoms. The molecule has 0 saturated heterocycles. The summed E-state index contributed by atoms with van der Waals surface area (Å²) in [5, 5.41) is 7.55. The number of carbonyl (C=O) groups is 1. The van der Waals surface area contributed by atoms with E-state index in [-0.39, 0.29) is 5.91 Å². The number of alkyl halides is 2. The topological polar surface area (TPSA) is 46.9 Å². The van der Waals surface area contributed by atoms with Crippen molar-refractivity contribution in [2.75, 3.05) is 11.1 Å². The van der Waals surface area contributed by atoms with Crippen LogP contribution in [-0.2, 0) is 6.54 Å². The number of hydrogen-bond acceptors (Lipinski definition) is 3. The molecule has 1 amide bonds. The molecule has 1 heterocycles. The zero-order valence-electron chi connectivity index (χ0n) is 16.9. The van der Waals surface area contributed by atoms with Crippen LogP contribution in [0.5, 0.6) is 0 Å². The molecule has 0 bridgehead atoms. The minimum Gasteiger partial charge on any atom is -0.321 e. The second-order valence-corrected chi connectivity index (χ2v) is 10.3. The molecule has 1 N–H and O–H groups in total. The van der Waals surface area contributed by atoms with E-state index in [0.29, 0.717) is 18.0 Å². The number of amides is 1. The number of carbonyl (C=O) groups excluding carboxylic acids is 1. The van der Waals surface area contributed by atoms with E-state index in [1.54, 1.807) is 11.8 Å². The van der Waals surface area contributed by atoms with Gasteiger partial charge < -0.3 is 5.32 Å². The zero-order chi connectivity index (χ0) is 21.3. The van der Waals surface area contributed by atoms with Gasteiger partial charge in [-0.25, -0.2) is 0 Å². The molecule has 0 unspecified atom stereocenters. The van der Waals surface area contributed by atoms with E-state index in [9.17, 15) is 4.79 Å². The van der Waals surface area contributed by atoms with Gasteiger partial charge >= 0.3 is 0 Å². The summed E-state index contributed by atoms with van der Waals surface area (Å²) in [7, 11) is 0. The summed E-state index contributed by atoms with van der Waals surface area (Å²) in [6, 6.07) is 17.5. The highest BCUT2D eigenvalue weighted by Gasteiger charge is 2.51. The molecule has 1 aliphatic carbocycles. The van der Waals surface area contributed by atoms with Crippen molar-refractivity contribution in [1.82, 2.24) is 9.78 Å². The van der Waals surface area contributed by atoms with Crippen molar-refractivity contribution >= 4 is 46.6 Å². The molecule has 4 rings (SSSR count). The number of hydrogen-bond donors (Lipinski definition) is 1. The lowest BCUT2D eigenvalue weighted by Crippen LogP contribution is -2.13. The number of halogens is 2. The number of anilines is 1. The summed E-state index contributed by atoms with van der Waals surface area (Å²) in [6.07, 6.45) is 0.819. The third-order valence-corrected chi connectivity index (χ3v) is 7.32. The summed E-state index contributed by atoms with van der Waals surface area (Å²) in [4.78, 5) is 13.9. The first-order valence-electron chi connectivity index (χ1n) is 9.83. The molecule has 0 aliphatic heterocycles. The van der Waals surface area contributed by atoms with Crippen LogP contribution < -0.4 is 5.32 Å². The van der Waals surface area contributed by atoms with E-state index in [4.69, 9.17) is 23.2 Å². The van der Waals surface area contributed by atoms with Gasteiger partial charge in [-0.1, -0.05) is 24.3 Å². The maximum absolute atomic E-state index is 12.9. The van der Waals surface area contributed by atoms with Crippen LogP contribution in [0.1, 0.15) is 33.7 Å². The van der Waals surface area contributed by atoms with Crippen LogP contribution in [0, 0.1) is 19.8 Å². The number of benzene rings is 2. The Hall–Kier alpha value is -1.95. The smallest absolute Gasteiger partial charge is 0.255 e. The van der Waals surface area contributed by atoms with Crippen LogP contribution >= 0.6 is 35.0 Å². The van der Waals surface area contributed by atoms with Crippen LogP contribution in [0.3, 0.4) is 0 Å². The first-order chi connectivity index (χ1) is 14.3. The average molecular weight is 460 g/mol. The van der Waals surface area contributed by atoms with Gasteiger partial charge in [-0.2, -0.15) is 5.10 Å². The fraction of sp³-hybridized carbons (Fsp3) is 0.304. The quantitative estimate of drug-likeness (QED) is 0.343. The van der Waals surface area contributed by atoms with Gasteiger partial charge in [0.05, 0.1) is 17.9 Å². The number of para-hydroxylation sites is 1. The highest BCUT2D eigenvalue weighted by Crippen LogP contribution is 2.55. The Balaban J connectivity index is 1.45. The van der Waals surface area contributed by atoms with Gasteiger partial charge in [0, 0.05) is 27.8 Å². The van der Waals surface area contributed by atoms with E-state index in [1.807, 2.05) is 73.1 Å². The largest absolute Gasteiger partial charge is 0.321 e. The van der Waals surface area contributed by atoms with Gasteiger partial charge in [0.25, 0.3) is 5.91 Å². The van der Waals surface area contributed by atoms with Crippen molar-refractivity contribution in [1.29, 1.82) is 0 Å². The van der Waals surface area contributed by atoms with E-state index in [1.165, 1.54) is 0 Å².